The van der Waals surface area contributed by atoms with Gasteiger partial charge in [0.2, 0.25) is 0 Å². The highest BCUT2D eigenvalue weighted by Gasteiger charge is 2.25. The standard InChI is InChI=1S/C10H20N2O.ClH/c1-2-12-5-3-9(8-12)7-10-11-4-6-13-10;/h9-11H,2-8H2,1H3;1H. The fraction of sp³-hybridized carbons (Fsp3) is 1.00. The summed E-state index contributed by atoms with van der Waals surface area (Å²) in [6.45, 7) is 7.94. The Hall–Kier alpha value is 0.170. The van der Waals surface area contributed by atoms with Crippen LogP contribution in [0.3, 0.4) is 0 Å². The van der Waals surface area contributed by atoms with Crippen molar-refractivity contribution in [3.05, 3.63) is 0 Å². The van der Waals surface area contributed by atoms with Gasteiger partial charge in [0.15, 0.2) is 0 Å². The van der Waals surface area contributed by atoms with Crippen LogP contribution in [0.2, 0.25) is 0 Å². The third kappa shape index (κ3) is 3.09. The summed E-state index contributed by atoms with van der Waals surface area (Å²) < 4.78 is 5.55. The number of ether oxygens (including phenoxy) is 1. The van der Waals surface area contributed by atoms with E-state index in [2.05, 4.69) is 17.1 Å². The minimum atomic E-state index is 0. The molecule has 2 saturated heterocycles. The highest BCUT2D eigenvalue weighted by Crippen LogP contribution is 2.21. The average molecular weight is 221 g/mol. The van der Waals surface area contributed by atoms with Crippen molar-refractivity contribution in [2.45, 2.75) is 26.0 Å². The lowest BCUT2D eigenvalue weighted by Gasteiger charge is -2.16. The van der Waals surface area contributed by atoms with Crippen LogP contribution in [0.15, 0.2) is 0 Å². The Kier molecular flexibility index (Phi) is 5.17. The molecule has 2 fully saturated rings. The van der Waals surface area contributed by atoms with Gasteiger partial charge in [-0.1, -0.05) is 6.92 Å². The highest BCUT2D eigenvalue weighted by molar-refractivity contribution is 5.85. The third-order valence-corrected chi connectivity index (χ3v) is 3.16. The molecule has 2 unspecified atom stereocenters. The van der Waals surface area contributed by atoms with Crippen LogP contribution in [0.1, 0.15) is 19.8 Å². The van der Waals surface area contributed by atoms with Crippen molar-refractivity contribution in [2.75, 3.05) is 32.8 Å². The zero-order chi connectivity index (χ0) is 9.10. The number of hydrogen-bond acceptors (Lipinski definition) is 3. The zero-order valence-electron chi connectivity index (χ0n) is 8.87. The molecule has 0 saturated carbocycles. The number of halogens is 1. The Balaban J connectivity index is 0.000000980. The molecule has 0 aromatic heterocycles. The zero-order valence-corrected chi connectivity index (χ0v) is 9.68. The molecule has 14 heavy (non-hydrogen) atoms. The van der Waals surface area contributed by atoms with Crippen molar-refractivity contribution in [3.8, 4) is 0 Å². The smallest absolute Gasteiger partial charge is 0.108 e. The van der Waals surface area contributed by atoms with Gasteiger partial charge in [-0.15, -0.1) is 12.4 Å². The minimum Gasteiger partial charge on any atom is -0.362 e. The predicted molar refractivity (Wildman–Crippen MR) is 59.8 cm³/mol. The summed E-state index contributed by atoms with van der Waals surface area (Å²) >= 11 is 0. The molecule has 84 valence electrons. The van der Waals surface area contributed by atoms with E-state index in [1.807, 2.05) is 0 Å². The molecule has 0 aliphatic carbocycles. The molecule has 4 heteroatoms. The fourth-order valence-electron chi connectivity index (χ4n) is 2.33. The maximum atomic E-state index is 5.55. The second-order valence-electron chi connectivity index (χ2n) is 4.10. The van der Waals surface area contributed by atoms with E-state index in [1.165, 1.54) is 32.5 Å². The minimum absolute atomic E-state index is 0. The van der Waals surface area contributed by atoms with Crippen LogP contribution in [0.5, 0.6) is 0 Å². The highest BCUT2D eigenvalue weighted by atomic mass is 35.5. The molecule has 0 spiro atoms. The van der Waals surface area contributed by atoms with E-state index in [9.17, 15) is 0 Å². The van der Waals surface area contributed by atoms with E-state index in [4.69, 9.17) is 4.74 Å². The molecule has 2 aliphatic rings. The van der Waals surface area contributed by atoms with E-state index in [1.54, 1.807) is 0 Å². The van der Waals surface area contributed by atoms with Gasteiger partial charge >= 0.3 is 0 Å². The normalized spacial score (nSPS) is 33.2. The maximum Gasteiger partial charge on any atom is 0.108 e. The molecule has 0 amide bonds. The molecule has 0 radical (unpaired) electrons. The Morgan fingerprint density at radius 3 is 2.93 bits per heavy atom. The number of rotatable bonds is 3. The Morgan fingerprint density at radius 1 is 1.50 bits per heavy atom. The first-order valence-electron chi connectivity index (χ1n) is 5.46. The van der Waals surface area contributed by atoms with Gasteiger partial charge in [0, 0.05) is 13.1 Å². The number of nitrogens with zero attached hydrogens (tertiary/aromatic N) is 1. The van der Waals surface area contributed by atoms with Gasteiger partial charge in [0.25, 0.3) is 0 Å². The summed E-state index contributed by atoms with van der Waals surface area (Å²) in [5.41, 5.74) is 0. The van der Waals surface area contributed by atoms with Crippen molar-refractivity contribution >= 4 is 12.4 Å². The lowest BCUT2D eigenvalue weighted by Crippen LogP contribution is -2.27. The van der Waals surface area contributed by atoms with E-state index >= 15 is 0 Å². The van der Waals surface area contributed by atoms with Crippen LogP contribution in [0.25, 0.3) is 0 Å². The molecule has 2 atom stereocenters. The van der Waals surface area contributed by atoms with E-state index in [0.29, 0.717) is 6.23 Å². The summed E-state index contributed by atoms with van der Waals surface area (Å²) in [5, 5.41) is 3.38. The lowest BCUT2D eigenvalue weighted by atomic mass is 10.0. The summed E-state index contributed by atoms with van der Waals surface area (Å²) in [5.74, 6) is 0.857. The van der Waals surface area contributed by atoms with E-state index < -0.39 is 0 Å². The molecule has 2 aliphatic heterocycles. The summed E-state index contributed by atoms with van der Waals surface area (Å²) in [4.78, 5) is 2.53. The summed E-state index contributed by atoms with van der Waals surface area (Å²) in [6.07, 6.45) is 2.91. The lowest BCUT2D eigenvalue weighted by molar-refractivity contribution is 0.0804. The van der Waals surface area contributed by atoms with Gasteiger partial charge in [-0.25, -0.2) is 0 Å². The van der Waals surface area contributed by atoms with Crippen LogP contribution in [-0.4, -0.2) is 43.9 Å². The van der Waals surface area contributed by atoms with Crippen LogP contribution in [-0.2, 0) is 4.74 Å². The summed E-state index contributed by atoms with van der Waals surface area (Å²) in [6, 6.07) is 0. The second kappa shape index (κ2) is 5.91. The third-order valence-electron chi connectivity index (χ3n) is 3.16. The van der Waals surface area contributed by atoms with Crippen LogP contribution < -0.4 is 5.32 Å². The molecule has 2 heterocycles. The fourth-order valence-corrected chi connectivity index (χ4v) is 2.33. The first-order chi connectivity index (χ1) is 6.38. The van der Waals surface area contributed by atoms with Gasteiger partial charge in [-0.2, -0.15) is 0 Å². The quantitative estimate of drug-likeness (QED) is 0.771. The van der Waals surface area contributed by atoms with Crippen LogP contribution >= 0.6 is 12.4 Å². The molecule has 0 aromatic carbocycles. The Labute approximate surface area is 92.6 Å². The Bertz CT molecular complexity index is 162. The number of hydrogen-bond donors (Lipinski definition) is 1. The maximum absolute atomic E-state index is 5.55. The van der Waals surface area contributed by atoms with Crippen molar-refractivity contribution in [3.63, 3.8) is 0 Å². The van der Waals surface area contributed by atoms with Gasteiger partial charge in [0.05, 0.1) is 6.61 Å². The van der Waals surface area contributed by atoms with Crippen molar-refractivity contribution in [1.82, 2.24) is 10.2 Å². The van der Waals surface area contributed by atoms with E-state index in [-0.39, 0.29) is 12.4 Å². The molecule has 3 nitrogen and oxygen atoms in total. The predicted octanol–water partition coefficient (Wildman–Crippen LogP) is 1.09. The molecule has 2 rings (SSSR count). The van der Waals surface area contributed by atoms with Crippen molar-refractivity contribution in [2.24, 2.45) is 5.92 Å². The van der Waals surface area contributed by atoms with Crippen molar-refractivity contribution in [1.29, 1.82) is 0 Å². The van der Waals surface area contributed by atoms with E-state index in [0.717, 1.165) is 19.1 Å². The van der Waals surface area contributed by atoms with Gasteiger partial charge in [0.1, 0.15) is 6.23 Å². The first kappa shape index (κ1) is 12.2. The van der Waals surface area contributed by atoms with Gasteiger partial charge < -0.3 is 9.64 Å². The van der Waals surface area contributed by atoms with Crippen LogP contribution in [0.4, 0.5) is 0 Å². The molecule has 0 bridgehead atoms. The SMILES string of the molecule is CCN1CCC(CC2NCCO2)C1.Cl. The van der Waals surface area contributed by atoms with Gasteiger partial charge in [-0.3, -0.25) is 5.32 Å². The topological polar surface area (TPSA) is 24.5 Å². The average Bonchev–Trinajstić information content (AvgIpc) is 2.76. The molecular weight excluding hydrogens is 200 g/mol. The Morgan fingerprint density at radius 2 is 2.36 bits per heavy atom. The number of likely N-dealkylation sites (tertiary alicyclic amines) is 1. The first-order valence-corrected chi connectivity index (χ1v) is 5.46. The monoisotopic (exact) mass is 220 g/mol. The molecular formula is C10H21ClN2O. The van der Waals surface area contributed by atoms with Crippen LogP contribution in [0, 0.1) is 5.92 Å². The molecule has 0 aromatic rings. The second-order valence-corrected chi connectivity index (χ2v) is 4.10. The largest absolute Gasteiger partial charge is 0.362 e. The molecule has 1 N–H and O–H groups in total. The number of nitrogens with one attached hydrogen (secondary N) is 1. The van der Waals surface area contributed by atoms with Crippen molar-refractivity contribution < 1.29 is 4.74 Å². The van der Waals surface area contributed by atoms with Gasteiger partial charge in [-0.05, 0) is 31.8 Å². The summed E-state index contributed by atoms with van der Waals surface area (Å²) in [7, 11) is 0.